The standard InChI is InChI=1S/C5H11NO/c1-4(7)5-2-6-3-5/h4-7H,2-3H2,1H3/t4-/m1/s1. The van der Waals surface area contributed by atoms with Crippen molar-refractivity contribution in [3.63, 3.8) is 0 Å². The molecule has 0 spiro atoms. The summed E-state index contributed by atoms with van der Waals surface area (Å²) in [5.41, 5.74) is 0. The van der Waals surface area contributed by atoms with E-state index in [1.807, 2.05) is 6.92 Å². The molecule has 0 aromatic rings. The monoisotopic (exact) mass is 101 g/mol. The molecule has 0 aromatic heterocycles. The molecule has 1 rings (SSSR count). The number of aliphatic hydroxyl groups is 1. The van der Waals surface area contributed by atoms with Crippen LogP contribution >= 0.6 is 0 Å². The minimum Gasteiger partial charge on any atom is -0.393 e. The Morgan fingerprint density at radius 3 is 2.29 bits per heavy atom. The van der Waals surface area contributed by atoms with Crippen LogP contribution in [0.3, 0.4) is 0 Å². The zero-order valence-corrected chi connectivity index (χ0v) is 4.52. The molecule has 0 unspecified atom stereocenters. The Labute approximate surface area is 43.5 Å². The maximum absolute atomic E-state index is 8.83. The molecule has 0 saturated carbocycles. The highest BCUT2D eigenvalue weighted by molar-refractivity contribution is 4.78. The molecule has 2 N–H and O–H groups in total. The predicted octanol–water partition coefficient (Wildman–Crippen LogP) is -0.413. The Morgan fingerprint density at radius 1 is 1.71 bits per heavy atom. The first-order valence-corrected chi connectivity index (χ1v) is 2.69. The van der Waals surface area contributed by atoms with E-state index in [0.717, 1.165) is 13.1 Å². The molecule has 1 saturated heterocycles. The van der Waals surface area contributed by atoms with Gasteiger partial charge in [-0.25, -0.2) is 0 Å². The van der Waals surface area contributed by atoms with Gasteiger partial charge in [0.05, 0.1) is 6.10 Å². The summed E-state index contributed by atoms with van der Waals surface area (Å²) >= 11 is 0. The minimum absolute atomic E-state index is 0.110. The van der Waals surface area contributed by atoms with E-state index in [9.17, 15) is 0 Å². The summed E-state index contributed by atoms with van der Waals surface area (Å²) in [5.74, 6) is 0.528. The van der Waals surface area contributed by atoms with Gasteiger partial charge >= 0.3 is 0 Å². The second-order valence-electron chi connectivity index (χ2n) is 2.16. The van der Waals surface area contributed by atoms with Gasteiger partial charge in [-0.1, -0.05) is 0 Å². The second-order valence-corrected chi connectivity index (χ2v) is 2.16. The van der Waals surface area contributed by atoms with E-state index in [0.29, 0.717) is 5.92 Å². The lowest BCUT2D eigenvalue weighted by atomic mass is 9.98. The van der Waals surface area contributed by atoms with Crippen molar-refractivity contribution in [1.29, 1.82) is 0 Å². The number of aliphatic hydroxyl groups excluding tert-OH is 1. The lowest BCUT2D eigenvalue weighted by Crippen LogP contribution is -2.47. The molecule has 0 aliphatic carbocycles. The van der Waals surface area contributed by atoms with Crippen molar-refractivity contribution in [2.45, 2.75) is 13.0 Å². The van der Waals surface area contributed by atoms with Gasteiger partial charge < -0.3 is 10.4 Å². The second kappa shape index (κ2) is 1.80. The summed E-state index contributed by atoms with van der Waals surface area (Å²) in [6.07, 6.45) is -0.110. The van der Waals surface area contributed by atoms with Gasteiger partial charge in [-0.15, -0.1) is 0 Å². The first-order chi connectivity index (χ1) is 3.30. The first-order valence-electron chi connectivity index (χ1n) is 2.69. The Hall–Kier alpha value is -0.0800. The van der Waals surface area contributed by atoms with Crippen molar-refractivity contribution in [3.05, 3.63) is 0 Å². The zero-order valence-electron chi connectivity index (χ0n) is 4.52. The smallest absolute Gasteiger partial charge is 0.0564 e. The van der Waals surface area contributed by atoms with Crippen LogP contribution in [0.1, 0.15) is 6.92 Å². The third-order valence-electron chi connectivity index (χ3n) is 1.50. The Morgan fingerprint density at radius 2 is 2.29 bits per heavy atom. The molecule has 1 fully saturated rings. The van der Waals surface area contributed by atoms with Gasteiger partial charge in [0.25, 0.3) is 0 Å². The quantitative estimate of drug-likeness (QED) is 0.470. The maximum atomic E-state index is 8.83. The summed E-state index contributed by atoms with van der Waals surface area (Å²) in [7, 11) is 0. The highest BCUT2D eigenvalue weighted by Gasteiger charge is 2.20. The number of hydrogen-bond donors (Lipinski definition) is 2. The van der Waals surface area contributed by atoms with Crippen molar-refractivity contribution in [1.82, 2.24) is 5.32 Å². The van der Waals surface area contributed by atoms with Gasteiger partial charge in [-0.05, 0) is 6.92 Å². The maximum Gasteiger partial charge on any atom is 0.0564 e. The van der Waals surface area contributed by atoms with Crippen LogP contribution in [0.5, 0.6) is 0 Å². The third-order valence-corrected chi connectivity index (χ3v) is 1.50. The van der Waals surface area contributed by atoms with Crippen LogP contribution in [0.25, 0.3) is 0 Å². The van der Waals surface area contributed by atoms with Crippen molar-refractivity contribution in [2.24, 2.45) is 5.92 Å². The highest BCUT2D eigenvalue weighted by Crippen LogP contribution is 2.06. The molecule has 2 nitrogen and oxygen atoms in total. The molecule has 0 aromatic carbocycles. The molecule has 0 radical (unpaired) electrons. The van der Waals surface area contributed by atoms with Crippen molar-refractivity contribution in [3.8, 4) is 0 Å². The van der Waals surface area contributed by atoms with Crippen LogP contribution in [0.15, 0.2) is 0 Å². The molecular formula is C5H11NO. The average molecular weight is 101 g/mol. The van der Waals surface area contributed by atoms with Gasteiger partial charge in [-0.3, -0.25) is 0 Å². The Bertz CT molecular complexity index is 59.1. The zero-order chi connectivity index (χ0) is 5.28. The van der Waals surface area contributed by atoms with Gasteiger partial charge in [0.2, 0.25) is 0 Å². The van der Waals surface area contributed by atoms with E-state index in [4.69, 9.17) is 5.11 Å². The fourth-order valence-electron chi connectivity index (χ4n) is 0.652. The highest BCUT2D eigenvalue weighted by atomic mass is 16.3. The van der Waals surface area contributed by atoms with Crippen LogP contribution < -0.4 is 5.32 Å². The van der Waals surface area contributed by atoms with E-state index in [-0.39, 0.29) is 6.10 Å². The molecule has 0 amide bonds. The van der Waals surface area contributed by atoms with Crippen molar-refractivity contribution in [2.75, 3.05) is 13.1 Å². The van der Waals surface area contributed by atoms with E-state index < -0.39 is 0 Å². The van der Waals surface area contributed by atoms with Crippen LogP contribution in [0.4, 0.5) is 0 Å². The molecule has 1 heterocycles. The van der Waals surface area contributed by atoms with E-state index in [1.165, 1.54) is 0 Å². The van der Waals surface area contributed by atoms with Crippen LogP contribution in [-0.4, -0.2) is 24.3 Å². The number of hydrogen-bond acceptors (Lipinski definition) is 2. The first kappa shape index (κ1) is 5.06. The lowest BCUT2D eigenvalue weighted by Gasteiger charge is -2.29. The summed E-state index contributed by atoms with van der Waals surface area (Å²) in [6, 6.07) is 0. The summed E-state index contributed by atoms with van der Waals surface area (Å²) < 4.78 is 0. The van der Waals surface area contributed by atoms with Crippen LogP contribution in [-0.2, 0) is 0 Å². The molecule has 0 bridgehead atoms. The van der Waals surface area contributed by atoms with Gasteiger partial charge in [0, 0.05) is 19.0 Å². The van der Waals surface area contributed by atoms with Gasteiger partial charge in [-0.2, -0.15) is 0 Å². The Balaban J connectivity index is 2.14. The van der Waals surface area contributed by atoms with Crippen molar-refractivity contribution >= 4 is 0 Å². The van der Waals surface area contributed by atoms with Gasteiger partial charge in [0.15, 0.2) is 0 Å². The molecule has 1 aliphatic heterocycles. The topological polar surface area (TPSA) is 32.3 Å². The fourth-order valence-corrected chi connectivity index (χ4v) is 0.652. The Kier molecular flexibility index (Phi) is 1.30. The van der Waals surface area contributed by atoms with Crippen molar-refractivity contribution < 1.29 is 5.11 Å². The van der Waals surface area contributed by atoms with E-state index in [1.54, 1.807) is 0 Å². The molecule has 1 aliphatic rings. The number of rotatable bonds is 1. The summed E-state index contributed by atoms with van der Waals surface area (Å²) in [5, 5.41) is 11.9. The average Bonchev–Trinajstić information content (AvgIpc) is 1.23. The third kappa shape index (κ3) is 0.924. The number of nitrogens with one attached hydrogen (secondary N) is 1. The summed E-state index contributed by atoms with van der Waals surface area (Å²) in [4.78, 5) is 0. The largest absolute Gasteiger partial charge is 0.393 e. The molecule has 42 valence electrons. The fraction of sp³-hybridized carbons (Fsp3) is 1.00. The molecular weight excluding hydrogens is 90.1 g/mol. The van der Waals surface area contributed by atoms with Crippen LogP contribution in [0, 0.1) is 5.92 Å². The lowest BCUT2D eigenvalue weighted by molar-refractivity contribution is 0.0928. The van der Waals surface area contributed by atoms with Crippen LogP contribution in [0.2, 0.25) is 0 Å². The molecule has 7 heavy (non-hydrogen) atoms. The van der Waals surface area contributed by atoms with E-state index >= 15 is 0 Å². The summed E-state index contributed by atoms with van der Waals surface area (Å²) in [6.45, 7) is 3.83. The normalized spacial score (nSPS) is 26.6. The SMILES string of the molecule is C[C@@H](O)C1CNC1. The predicted molar refractivity (Wildman–Crippen MR) is 28.0 cm³/mol. The van der Waals surface area contributed by atoms with Gasteiger partial charge in [0.1, 0.15) is 0 Å². The molecule has 2 heteroatoms. The minimum atomic E-state index is -0.110. The van der Waals surface area contributed by atoms with E-state index in [2.05, 4.69) is 5.32 Å². The molecule has 1 atom stereocenters.